The molecular formula is C45H28N4S. The van der Waals surface area contributed by atoms with E-state index in [1.807, 2.05) is 54.6 Å². The van der Waals surface area contributed by atoms with E-state index >= 15 is 0 Å². The summed E-state index contributed by atoms with van der Waals surface area (Å²) >= 11 is 1.78. The second kappa shape index (κ2) is 11.6. The minimum atomic E-state index is -0.456. The number of nitrogens with zero attached hydrogens (tertiary/aromatic N) is 4. The SMILES string of the molecule is [2H]c1cc([2H])c2c(c1[2H])c1c([2H])c([2H])c([2H])c([2H])c1n2-c1ccccc1-c1nc(-c2ccccc2)nc(-c2ccc(-c3cccc4c3sc3ccccc34)cc2)n1. The summed E-state index contributed by atoms with van der Waals surface area (Å²) in [6.07, 6.45) is 0. The molecule has 234 valence electrons. The van der Waals surface area contributed by atoms with Gasteiger partial charge in [-0.3, -0.25) is 0 Å². The van der Waals surface area contributed by atoms with Crippen LogP contribution >= 0.6 is 11.3 Å². The fourth-order valence-corrected chi connectivity index (χ4v) is 7.92. The fourth-order valence-electron chi connectivity index (χ4n) is 6.68. The highest BCUT2D eigenvalue weighted by molar-refractivity contribution is 7.26. The van der Waals surface area contributed by atoms with Crippen LogP contribution in [0, 0.1) is 0 Å². The maximum absolute atomic E-state index is 9.04. The summed E-state index contributed by atoms with van der Waals surface area (Å²) in [7, 11) is 0. The maximum Gasteiger partial charge on any atom is 0.166 e. The first-order valence-electron chi connectivity index (χ1n) is 19.6. The summed E-state index contributed by atoms with van der Waals surface area (Å²) in [4.78, 5) is 15.0. The molecule has 7 aromatic carbocycles. The van der Waals surface area contributed by atoms with Crippen molar-refractivity contribution in [3.05, 3.63) is 170 Å². The van der Waals surface area contributed by atoms with Gasteiger partial charge in [-0.05, 0) is 41.4 Å². The number of hydrogen-bond donors (Lipinski definition) is 0. The van der Waals surface area contributed by atoms with E-state index in [-0.39, 0.29) is 52.0 Å². The van der Waals surface area contributed by atoms with E-state index in [0.717, 1.165) is 22.3 Å². The van der Waals surface area contributed by atoms with Gasteiger partial charge in [-0.2, -0.15) is 0 Å². The molecule has 0 bridgehead atoms. The van der Waals surface area contributed by atoms with Crippen molar-refractivity contribution in [2.45, 2.75) is 0 Å². The third-order valence-electron chi connectivity index (χ3n) is 8.99. The molecule has 3 heterocycles. The standard InChI is InChI=1S/C45H28N4S/c1-2-13-30(14-3-1)43-46-44(31-27-25-29(26-28-31)32-19-12-20-36-35-17-7-11-24-41(35)50-42(32)36)48-45(47-43)37-18-6-10-23-40(37)49-38-21-8-4-15-33(38)34-16-5-9-22-39(34)49/h1-28H/i4D,5D,8D,15D,16D,21D,22D. The molecule has 3 aromatic heterocycles. The molecule has 0 amide bonds. The van der Waals surface area contributed by atoms with Gasteiger partial charge in [0.25, 0.3) is 0 Å². The molecule has 0 unspecified atom stereocenters. The predicted molar refractivity (Wildman–Crippen MR) is 209 cm³/mol. The van der Waals surface area contributed by atoms with Crippen LogP contribution in [0.5, 0.6) is 0 Å². The Kier molecular flexibility index (Phi) is 5.17. The highest BCUT2D eigenvalue weighted by atomic mass is 32.1. The number of benzene rings is 7. The van der Waals surface area contributed by atoms with Crippen molar-refractivity contribution in [1.82, 2.24) is 19.5 Å². The first kappa shape index (κ1) is 22.3. The van der Waals surface area contributed by atoms with Crippen LogP contribution in [-0.2, 0) is 0 Å². The third-order valence-corrected chi connectivity index (χ3v) is 10.2. The second-order valence-electron chi connectivity index (χ2n) is 11.9. The van der Waals surface area contributed by atoms with E-state index in [2.05, 4.69) is 54.6 Å². The van der Waals surface area contributed by atoms with Crippen LogP contribution in [0.4, 0.5) is 0 Å². The Morgan fingerprint density at radius 3 is 1.92 bits per heavy atom. The zero-order valence-electron chi connectivity index (χ0n) is 33.3. The van der Waals surface area contributed by atoms with Gasteiger partial charge in [0.1, 0.15) is 0 Å². The van der Waals surface area contributed by atoms with Crippen LogP contribution in [0.1, 0.15) is 9.60 Å². The van der Waals surface area contributed by atoms with Crippen LogP contribution in [0.25, 0.3) is 93.0 Å². The smallest absolute Gasteiger partial charge is 0.166 e. The average molecular weight is 664 g/mol. The van der Waals surface area contributed by atoms with E-state index < -0.39 is 12.1 Å². The number of aromatic nitrogens is 4. The lowest BCUT2D eigenvalue weighted by molar-refractivity contribution is 1.06. The number of hydrogen-bond acceptors (Lipinski definition) is 4. The largest absolute Gasteiger partial charge is 0.309 e. The Morgan fingerprint density at radius 2 is 1.06 bits per heavy atom. The molecule has 10 aromatic rings. The monoisotopic (exact) mass is 663 g/mol. The van der Waals surface area contributed by atoms with Crippen molar-refractivity contribution in [1.29, 1.82) is 0 Å². The quantitative estimate of drug-likeness (QED) is 0.184. The first-order chi connectivity index (χ1) is 27.7. The Balaban J connectivity index is 1.19. The lowest BCUT2D eigenvalue weighted by atomic mass is 10.0. The molecule has 0 spiro atoms. The van der Waals surface area contributed by atoms with Crippen LogP contribution in [0.3, 0.4) is 0 Å². The summed E-state index contributed by atoms with van der Waals surface area (Å²) in [5, 5.41) is 2.65. The summed E-state index contributed by atoms with van der Waals surface area (Å²) in [6.45, 7) is 0. The molecule has 50 heavy (non-hydrogen) atoms. The fraction of sp³-hybridized carbons (Fsp3) is 0. The Labute approximate surface area is 302 Å². The van der Waals surface area contributed by atoms with Gasteiger partial charge in [0.15, 0.2) is 17.5 Å². The normalized spacial score (nSPS) is 13.6. The van der Waals surface area contributed by atoms with E-state index in [0.29, 0.717) is 28.7 Å². The summed E-state index contributed by atoms with van der Waals surface area (Å²) in [5.74, 6) is 1.17. The Bertz CT molecular complexity index is 3270. The number of para-hydroxylation sites is 3. The highest BCUT2D eigenvalue weighted by Crippen LogP contribution is 2.40. The molecule has 0 aliphatic heterocycles. The molecule has 0 radical (unpaired) electrons. The molecule has 10 rings (SSSR count). The van der Waals surface area contributed by atoms with Crippen molar-refractivity contribution >= 4 is 53.3 Å². The molecule has 0 N–H and O–H groups in total. The van der Waals surface area contributed by atoms with Crippen molar-refractivity contribution in [3.63, 3.8) is 0 Å². The van der Waals surface area contributed by atoms with Gasteiger partial charge in [-0.1, -0.05) is 139 Å². The van der Waals surface area contributed by atoms with Crippen LogP contribution in [0.15, 0.2) is 170 Å². The van der Waals surface area contributed by atoms with Crippen LogP contribution in [-0.4, -0.2) is 19.5 Å². The Hall–Kier alpha value is -6.43. The van der Waals surface area contributed by atoms with E-state index in [4.69, 9.17) is 24.5 Å². The summed E-state index contributed by atoms with van der Waals surface area (Å²) in [6, 6.07) is 39.0. The maximum atomic E-state index is 9.04. The Morgan fingerprint density at radius 1 is 0.440 bits per heavy atom. The zero-order chi connectivity index (χ0) is 39.1. The summed E-state index contributed by atoms with van der Waals surface area (Å²) in [5.41, 5.74) is 4.98. The lowest BCUT2D eigenvalue weighted by Crippen LogP contribution is -2.03. The van der Waals surface area contributed by atoms with Gasteiger partial charge in [-0.25, -0.2) is 15.0 Å². The lowest BCUT2D eigenvalue weighted by Gasteiger charge is -2.14. The van der Waals surface area contributed by atoms with E-state index in [1.165, 1.54) is 26.2 Å². The molecule has 0 atom stereocenters. The van der Waals surface area contributed by atoms with Gasteiger partial charge < -0.3 is 4.57 Å². The van der Waals surface area contributed by atoms with Crippen LogP contribution in [0.2, 0.25) is 0 Å². The molecule has 5 heteroatoms. The molecule has 0 aliphatic carbocycles. The first-order valence-corrected chi connectivity index (χ1v) is 16.9. The molecule has 0 saturated heterocycles. The van der Waals surface area contributed by atoms with Crippen molar-refractivity contribution in [2.75, 3.05) is 0 Å². The van der Waals surface area contributed by atoms with E-state index in [9.17, 15) is 0 Å². The number of thiophene rings is 1. The number of fused-ring (bicyclic) bond motifs is 6. The number of rotatable bonds is 5. The minimum absolute atomic E-state index is 0.0751. The zero-order valence-corrected chi connectivity index (χ0v) is 27.1. The third kappa shape index (κ3) is 4.63. The van der Waals surface area contributed by atoms with Gasteiger partial charge >= 0.3 is 0 Å². The van der Waals surface area contributed by atoms with E-state index in [1.54, 1.807) is 28.0 Å². The molecule has 4 nitrogen and oxygen atoms in total. The van der Waals surface area contributed by atoms with Crippen molar-refractivity contribution in [2.24, 2.45) is 0 Å². The summed E-state index contributed by atoms with van der Waals surface area (Å²) < 4.78 is 65.3. The molecular weight excluding hydrogens is 629 g/mol. The van der Waals surface area contributed by atoms with Gasteiger partial charge in [0, 0.05) is 47.6 Å². The predicted octanol–water partition coefficient (Wildman–Crippen LogP) is 12.0. The second-order valence-corrected chi connectivity index (χ2v) is 12.9. The molecule has 0 fully saturated rings. The molecule has 0 saturated carbocycles. The van der Waals surface area contributed by atoms with Crippen molar-refractivity contribution < 1.29 is 9.60 Å². The minimum Gasteiger partial charge on any atom is -0.309 e. The van der Waals surface area contributed by atoms with Crippen LogP contribution < -0.4 is 0 Å². The topological polar surface area (TPSA) is 43.6 Å². The van der Waals surface area contributed by atoms with Crippen molar-refractivity contribution in [3.8, 4) is 51.0 Å². The van der Waals surface area contributed by atoms with Gasteiger partial charge in [-0.15, -0.1) is 11.3 Å². The van der Waals surface area contributed by atoms with Gasteiger partial charge in [0.05, 0.1) is 26.3 Å². The molecule has 0 aliphatic rings. The highest BCUT2D eigenvalue weighted by Gasteiger charge is 2.19. The average Bonchev–Trinajstić information content (AvgIpc) is 3.82. The van der Waals surface area contributed by atoms with Gasteiger partial charge in [0.2, 0.25) is 0 Å².